The highest BCUT2D eigenvalue weighted by Gasteiger charge is 2.06. The van der Waals surface area contributed by atoms with Gasteiger partial charge in [-0.3, -0.25) is 0 Å². The summed E-state index contributed by atoms with van der Waals surface area (Å²) in [7, 11) is 0. The van der Waals surface area contributed by atoms with Gasteiger partial charge in [-0.05, 0) is 17.2 Å². The maximum Gasteiger partial charge on any atom is 0.140 e. The van der Waals surface area contributed by atoms with Crippen molar-refractivity contribution in [2.24, 2.45) is 0 Å². The van der Waals surface area contributed by atoms with Crippen molar-refractivity contribution in [3.63, 3.8) is 0 Å². The van der Waals surface area contributed by atoms with Crippen molar-refractivity contribution in [2.45, 2.75) is 0 Å². The van der Waals surface area contributed by atoms with Crippen LogP contribution in [0.5, 0.6) is 0 Å². The molecule has 2 rings (SSSR count). The van der Waals surface area contributed by atoms with E-state index >= 15 is 0 Å². The molecule has 0 amide bonds. The summed E-state index contributed by atoms with van der Waals surface area (Å²) < 4.78 is 0. The summed E-state index contributed by atoms with van der Waals surface area (Å²) in [5.41, 5.74) is 2.85. The lowest BCUT2D eigenvalue weighted by atomic mass is 10.6. The topological polar surface area (TPSA) is 40.5 Å². The van der Waals surface area contributed by atoms with Crippen LogP contribution in [0, 0.1) is 0 Å². The molecule has 2 aliphatic carbocycles. The second kappa shape index (κ2) is 2.62. The zero-order valence-corrected chi connectivity index (χ0v) is 4.91. The molecule has 0 aromatic carbocycles. The quantitative estimate of drug-likeness (QED) is 0.505. The van der Waals surface area contributed by atoms with Crippen LogP contribution in [0.2, 0.25) is 0 Å². The Kier molecular flexibility index (Phi) is 1.82. The van der Waals surface area contributed by atoms with Crippen LogP contribution in [0.15, 0.2) is 24.3 Å². The van der Waals surface area contributed by atoms with E-state index in [4.69, 9.17) is 10.2 Å². The first kappa shape index (κ1) is 6.26. The second-order valence-electron chi connectivity index (χ2n) is 1.72. The number of hydrogen-bond acceptors (Lipinski definition) is 2. The summed E-state index contributed by atoms with van der Waals surface area (Å²) in [5, 5.41) is 14.2. The number of aliphatic hydroxyl groups is 2. The zero-order chi connectivity index (χ0) is 6.69. The molecule has 0 spiro atoms. The third kappa shape index (κ3) is 1.52. The molecule has 0 aliphatic heterocycles. The zero-order valence-electron chi connectivity index (χ0n) is 4.91. The molecule has 0 fully saturated rings. The van der Waals surface area contributed by atoms with Crippen LogP contribution in [0.1, 0.15) is 0 Å². The van der Waals surface area contributed by atoms with Gasteiger partial charge in [-0.15, -0.1) is 0 Å². The molecule has 0 saturated heterocycles. The first-order valence-electron chi connectivity index (χ1n) is 2.70. The average molecular weight is 124 g/mol. The Labute approximate surface area is 53.4 Å². The number of fused-ring (bicyclic) bond motifs is 1. The molecule has 0 bridgehead atoms. The van der Waals surface area contributed by atoms with Gasteiger partial charge in [-0.25, -0.2) is 0 Å². The third-order valence-corrected chi connectivity index (χ3v) is 1.11. The Bertz CT molecular complexity index is 179. The Hall–Kier alpha value is -0.860. The Morgan fingerprint density at radius 1 is 1.11 bits per heavy atom. The Balaban J connectivity index is 0.000000120. The van der Waals surface area contributed by atoms with Crippen LogP contribution in [-0.2, 0) is 0 Å². The standard InChI is InChI=1S/C6H4.CH4O2/c1-2-5-4-6(5)3-1;2-1-3/h1-4H;2-3H,1H2. The molecule has 9 heavy (non-hydrogen) atoms. The van der Waals surface area contributed by atoms with Crippen molar-refractivity contribution < 1.29 is 10.2 Å². The van der Waals surface area contributed by atoms with E-state index in [9.17, 15) is 0 Å². The molecule has 0 atom stereocenters. The van der Waals surface area contributed by atoms with Gasteiger partial charge in [0.1, 0.15) is 6.79 Å². The molecule has 0 heterocycles. The largest absolute Gasteiger partial charge is 0.371 e. The fourth-order valence-corrected chi connectivity index (χ4v) is 0.676. The van der Waals surface area contributed by atoms with Crippen molar-refractivity contribution in [1.29, 1.82) is 0 Å². The Morgan fingerprint density at radius 3 is 1.67 bits per heavy atom. The lowest BCUT2D eigenvalue weighted by molar-refractivity contribution is 0.0773. The van der Waals surface area contributed by atoms with Gasteiger partial charge in [0, 0.05) is 0 Å². The van der Waals surface area contributed by atoms with E-state index in [2.05, 4.69) is 24.3 Å². The van der Waals surface area contributed by atoms with Crippen LogP contribution in [0.3, 0.4) is 0 Å². The second-order valence-corrected chi connectivity index (χ2v) is 1.72. The SMILES string of the molecule is OCO.c1cc2cc-2c1. The van der Waals surface area contributed by atoms with Crippen LogP contribution >= 0.6 is 0 Å². The molecule has 0 aromatic rings. The van der Waals surface area contributed by atoms with Gasteiger partial charge in [0.2, 0.25) is 0 Å². The fraction of sp³-hybridized carbons (Fsp3) is 0.143. The minimum Gasteiger partial charge on any atom is -0.371 e. The minimum atomic E-state index is -0.750. The molecule has 0 unspecified atom stereocenters. The molecule has 0 radical (unpaired) electrons. The van der Waals surface area contributed by atoms with Crippen LogP contribution in [-0.4, -0.2) is 17.0 Å². The van der Waals surface area contributed by atoms with Crippen molar-refractivity contribution >= 4 is 0 Å². The summed E-state index contributed by atoms with van der Waals surface area (Å²) in [6.07, 6.45) is 0. The van der Waals surface area contributed by atoms with E-state index in [1.54, 1.807) is 0 Å². The summed E-state index contributed by atoms with van der Waals surface area (Å²) in [5.74, 6) is 0. The number of aliphatic hydroxyl groups excluding tert-OH is 1. The van der Waals surface area contributed by atoms with Crippen molar-refractivity contribution in [2.75, 3.05) is 6.79 Å². The van der Waals surface area contributed by atoms with Gasteiger partial charge in [0.05, 0.1) is 0 Å². The third-order valence-electron chi connectivity index (χ3n) is 1.11. The molecular weight excluding hydrogens is 116 g/mol. The highest BCUT2D eigenvalue weighted by atomic mass is 16.5. The lowest BCUT2D eigenvalue weighted by Crippen LogP contribution is -1.66. The number of rotatable bonds is 0. The van der Waals surface area contributed by atoms with E-state index in [0.29, 0.717) is 0 Å². The summed E-state index contributed by atoms with van der Waals surface area (Å²) in [6.45, 7) is -0.750. The lowest BCUT2D eigenvalue weighted by Gasteiger charge is -1.55. The molecule has 2 nitrogen and oxygen atoms in total. The van der Waals surface area contributed by atoms with E-state index in [0.717, 1.165) is 0 Å². The van der Waals surface area contributed by atoms with Crippen molar-refractivity contribution in [1.82, 2.24) is 0 Å². The van der Waals surface area contributed by atoms with Gasteiger partial charge in [-0.1, -0.05) is 18.2 Å². The normalized spacial score (nSPS) is 9.56. The number of hydrogen-bond donors (Lipinski definition) is 2. The summed E-state index contributed by atoms with van der Waals surface area (Å²) >= 11 is 0. The van der Waals surface area contributed by atoms with Gasteiger partial charge in [0.25, 0.3) is 0 Å². The van der Waals surface area contributed by atoms with Gasteiger partial charge in [0.15, 0.2) is 0 Å². The molecule has 2 N–H and O–H groups in total. The molecule has 0 aromatic heterocycles. The van der Waals surface area contributed by atoms with E-state index in [1.165, 1.54) is 11.1 Å². The van der Waals surface area contributed by atoms with Crippen molar-refractivity contribution in [3.05, 3.63) is 24.3 Å². The first-order chi connectivity index (χ1) is 4.38. The maximum atomic E-state index is 7.12. The van der Waals surface area contributed by atoms with Crippen LogP contribution in [0.25, 0.3) is 11.1 Å². The summed E-state index contributed by atoms with van der Waals surface area (Å²) in [4.78, 5) is 0. The maximum absolute atomic E-state index is 7.12. The van der Waals surface area contributed by atoms with E-state index in [-0.39, 0.29) is 0 Å². The van der Waals surface area contributed by atoms with Crippen LogP contribution in [0.4, 0.5) is 0 Å². The van der Waals surface area contributed by atoms with Gasteiger partial charge in [-0.2, -0.15) is 0 Å². The predicted octanol–water partition coefficient (Wildman–Crippen LogP) is 0.595. The van der Waals surface area contributed by atoms with Crippen molar-refractivity contribution in [3.8, 4) is 11.1 Å². The fourth-order valence-electron chi connectivity index (χ4n) is 0.676. The molecular formula is C7H8O2. The highest BCUT2D eigenvalue weighted by Crippen LogP contribution is 2.32. The monoisotopic (exact) mass is 124 g/mol. The highest BCUT2D eigenvalue weighted by molar-refractivity contribution is 5.80. The molecule has 2 heteroatoms. The van der Waals surface area contributed by atoms with Crippen LogP contribution < -0.4 is 0 Å². The minimum absolute atomic E-state index is 0.750. The molecule has 48 valence electrons. The predicted molar refractivity (Wildman–Crippen MR) is 34.7 cm³/mol. The smallest absolute Gasteiger partial charge is 0.140 e. The van der Waals surface area contributed by atoms with E-state index in [1.807, 2.05) is 0 Å². The number of benzene rings is 1. The Morgan fingerprint density at radius 2 is 1.56 bits per heavy atom. The first-order valence-corrected chi connectivity index (χ1v) is 2.70. The van der Waals surface area contributed by atoms with Gasteiger partial charge >= 0.3 is 0 Å². The van der Waals surface area contributed by atoms with Gasteiger partial charge < -0.3 is 10.2 Å². The molecule has 2 aliphatic rings. The van der Waals surface area contributed by atoms with E-state index < -0.39 is 6.79 Å². The summed E-state index contributed by atoms with van der Waals surface area (Å²) in [6, 6.07) is 8.48. The average Bonchev–Trinajstić information content (AvgIpc) is 2.43. The molecule has 0 saturated carbocycles.